The molecule has 0 aliphatic heterocycles. The zero-order chi connectivity index (χ0) is 17.6. The number of nitrogens with one attached hydrogen (secondary N) is 1. The average Bonchev–Trinajstić information content (AvgIpc) is 3.09. The number of benzene rings is 2. The van der Waals surface area contributed by atoms with E-state index < -0.39 is 0 Å². The minimum Gasteiger partial charge on any atom is -0.497 e. The van der Waals surface area contributed by atoms with Crippen LogP contribution >= 0.6 is 11.3 Å². The number of thiophene rings is 1. The SMILES string of the molecule is COc1cccc(OCc2csc(C(=O)Nc3cccc(C)c3)c2)c1. The maximum absolute atomic E-state index is 12.3. The molecule has 3 rings (SSSR count). The van der Waals surface area contributed by atoms with Gasteiger partial charge in [0, 0.05) is 17.3 Å². The second kappa shape index (κ2) is 7.85. The molecular weight excluding hydrogens is 334 g/mol. The Bertz CT molecular complexity index is 873. The van der Waals surface area contributed by atoms with Gasteiger partial charge in [-0.25, -0.2) is 0 Å². The quantitative estimate of drug-likeness (QED) is 0.686. The topological polar surface area (TPSA) is 47.6 Å². The molecule has 128 valence electrons. The van der Waals surface area contributed by atoms with Crippen molar-refractivity contribution in [1.29, 1.82) is 0 Å². The van der Waals surface area contributed by atoms with Crippen molar-refractivity contribution in [3.05, 3.63) is 76.0 Å². The van der Waals surface area contributed by atoms with Crippen LogP contribution in [0.3, 0.4) is 0 Å². The Morgan fingerprint density at radius 1 is 1.08 bits per heavy atom. The van der Waals surface area contributed by atoms with Crippen LogP contribution in [0.5, 0.6) is 11.5 Å². The number of hydrogen-bond acceptors (Lipinski definition) is 4. The van der Waals surface area contributed by atoms with Crippen LogP contribution in [0.1, 0.15) is 20.8 Å². The van der Waals surface area contributed by atoms with Crippen molar-refractivity contribution in [3.63, 3.8) is 0 Å². The summed E-state index contributed by atoms with van der Waals surface area (Å²) < 4.78 is 10.9. The lowest BCUT2D eigenvalue weighted by Crippen LogP contribution is -2.10. The molecule has 0 aliphatic rings. The van der Waals surface area contributed by atoms with Crippen LogP contribution in [0.25, 0.3) is 0 Å². The molecule has 1 N–H and O–H groups in total. The molecule has 4 nitrogen and oxygen atoms in total. The zero-order valence-corrected chi connectivity index (χ0v) is 14.9. The summed E-state index contributed by atoms with van der Waals surface area (Å²) in [6.07, 6.45) is 0. The lowest BCUT2D eigenvalue weighted by molar-refractivity contribution is 0.103. The number of rotatable bonds is 6. The first-order valence-electron chi connectivity index (χ1n) is 7.86. The Morgan fingerprint density at radius 3 is 2.68 bits per heavy atom. The Kier molecular flexibility index (Phi) is 5.36. The number of amides is 1. The van der Waals surface area contributed by atoms with E-state index in [0.29, 0.717) is 11.5 Å². The molecule has 0 fully saturated rings. The van der Waals surface area contributed by atoms with Crippen LogP contribution < -0.4 is 14.8 Å². The molecule has 0 saturated carbocycles. The first-order valence-corrected chi connectivity index (χ1v) is 8.74. The number of hydrogen-bond donors (Lipinski definition) is 1. The fraction of sp³-hybridized carbons (Fsp3) is 0.150. The van der Waals surface area contributed by atoms with Crippen molar-refractivity contribution >= 4 is 22.9 Å². The number of methoxy groups -OCH3 is 1. The summed E-state index contributed by atoms with van der Waals surface area (Å²) in [4.78, 5) is 13.0. The minimum atomic E-state index is -0.108. The van der Waals surface area contributed by atoms with Gasteiger partial charge in [0.05, 0.1) is 12.0 Å². The van der Waals surface area contributed by atoms with Gasteiger partial charge in [0.1, 0.15) is 18.1 Å². The van der Waals surface area contributed by atoms with E-state index in [1.165, 1.54) is 11.3 Å². The number of aryl methyl sites for hydroxylation is 1. The lowest BCUT2D eigenvalue weighted by Gasteiger charge is -2.06. The molecular formula is C20H19NO3S. The maximum atomic E-state index is 12.3. The van der Waals surface area contributed by atoms with E-state index in [2.05, 4.69) is 5.32 Å². The third kappa shape index (κ3) is 4.61. The smallest absolute Gasteiger partial charge is 0.265 e. The van der Waals surface area contributed by atoms with Crippen molar-refractivity contribution in [1.82, 2.24) is 0 Å². The highest BCUT2D eigenvalue weighted by molar-refractivity contribution is 7.12. The van der Waals surface area contributed by atoms with Crippen LogP contribution in [-0.2, 0) is 6.61 Å². The average molecular weight is 353 g/mol. The molecule has 25 heavy (non-hydrogen) atoms. The third-order valence-electron chi connectivity index (χ3n) is 3.60. The Labute approximate surface area is 151 Å². The molecule has 1 aromatic heterocycles. The van der Waals surface area contributed by atoms with E-state index in [9.17, 15) is 4.79 Å². The molecule has 0 saturated heterocycles. The van der Waals surface area contributed by atoms with Crippen molar-refractivity contribution in [2.75, 3.05) is 12.4 Å². The maximum Gasteiger partial charge on any atom is 0.265 e. The third-order valence-corrected chi connectivity index (χ3v) is 4.58. The summed E-state index contributed by atoms with van der Waals surface area (Å²) in [6.45, 7) is 2.40. The monoisotopic (exact) mass is 353 g/mol. The summed E-state index contributed by atoms with van der Waals surface area (Å²) >= 11 is 1.41. The predicted octanol–water partition coefficient (Wildman–Crippen LogP) is 4.90. The van der Waals surface area contributed by atoms with Crippen molar-refractivity contribution in [2.45, 2.75) is 13.5 Å². The van der Waals surface area contributed by atoms with Crippen molar-refractivity contribution < 1.29 is 14.3 Å². The van der Waals surface area contributed by atoms with Gasteiger partial charge in [0.2, 0.25) is 0 Å². The van der Waals surface area contributed by atoms with Gasteiger partial charge in [0.15, 0.2) is 0 Å². The van der Waals surface area contributed by atoms with Crippen LogP contribution in [0.4, 0.5) is 5.69 Å². The summed E-state index contributed by atoms with van der Waals surface area (Å²) in [5.74, 6) is 1.38. The van der Waals surface area contributed by atoms with E-state index in [1.54, 1.807) is 7.11 Å². The molecule has 0 spiro atoms. The van der Waals surface area contributed by atoms with E-state index in [4.69, 9.17) is 9.47 Å². The molecule has 0 unspecified atom stereocenters. The summed E-state index contributed by atoms with van der Waals surface area (Å²) in [5.41, 5.74) is 2.87. The second-order valence-corrected chi connectivity index (χ2v) is 6.52. The van der Waals surface area contributed by atoms with Crippen LogP contribution in [0.2, 0.25) is 0 Å². The van der Waals surface area contributed by atoms with E-state index in [1.807, 2.05) is 66.9 Å². The van der Waals surface area contributed by atoms with Gasteiger partial charge < -0.3 is 14.8 Å². The second-order valence-electron chi connectivity index (χ2n) is 5.61. The minimum absolute atomic E-state index is 0.108. The van der Waals surface area contributed by atoms with Crippen molar-refractivity contribution in [2.24, 2.45) is 0 Å². The molecule has 0 bridgehead atoms. The fourth-order valence-corrected chi connectivity index (χ4v) is 3.14. The molecule has 1 heterocycles. The van der Waals surface area contributed by atoms with Gasteiger partial charge in [-0.1, -0.05) is 18.2 Å². The lowest BCUT2D eigenvalue weighted by atomic mass is 10.2. The number of anilines is 1. The van der Waals surface area contributed by atoms with Crippen LogP contribution in [0, 0.1) is 6.92 Å². The normalized spacial score (nSPS) is 10.3. The number of ether oxygens (including phenoxy) is 2. The molecule has 0 radical (unpaired) electrons. The summed E-state index contributed by atoms with van der Waals surface area (Å²) in [7, 11) is 1.62. The largest absolute Gasteiger partial charge is 0.497 e. The van der Waals surface area contributed by atoms with Gasteiger partial charge in [-0.2, -0.15) is 0 Å². The molecule has 0 atom stereocenters. The van der Waals surface area contributed by atoms with Crippen LogP contribution in [-0.4, -0.2) is 13.0 Å². The highest BCUT2D eigenvalue weighted by Gasteiger charge is 2.10. The summed E-state index contributed by atoms with van der Waals surface area (Å²) in [5, 5.41) is 4.85. The van der Waals surface area contributed by atoms with Gasteiger partial charge in [-0.15, -0.1) is 11.3 Å². The first kappa shape index (κ1) is 17.0. The standard InChI is InChI=1S/C20H19NO3S/c1-14-5-3-6-16(9-14)21-20(22)19-10-15(13-25-19)12-24-18-8-4-7-17(11-18)23-2/h3-11,13H,12H2,1-2H3,(H,21,22). The summed E-state index contributed by atoms with van der Waals surface area (Å²) in [6, 6.07) is 17.0. The van der Waals surface area contributed by atoms with Gasteiger partial charge in [0.25, 0.3) is 5.91 Å². The zero-order valence-electron chi connectivity index (χ0n) is 14.1. The van der Waals surface area contributed by atoms with E-state index >= 15 is 0 Å². The molecule has 5 heteroatoms. The highest BCUT2D eigenvalue weighted by Crippen LogP contribution is 2.22. The Balaban J connectivity index is 1.60. The van der Waals surface area contributed by atoms with Crippen molar-refractivity contribution in [3.8, 4) is 11.5 Å². The number of carbonyl (C=O) groups excluding carboxylic acids is 1. The van der Waals surface area contributed by atoms with Gasteiger partial charge in [-0.3, -0.25) is 4.79 Å². The van der Waals surface area contributed by atoms with E-state index in [-0.39, 0.29) is 5.91 Å². The van der Waals surface area contributed by atoms with Gasteiger partial charge in [-0.05, 0) is 48.2 Å². The molecule has 1 amide bonds. The molecule has 2 aromatic carbocycles. The fourth-order valence-electron chi connectivity index (χ4n) is 2.34. The molecule has 0 aliphatic carbocycles. The first-order chi connectivity index (χ1) is 12.1. The van der Waals surface area contributed by atoms with Gasteiger partial charge >= 0.3 is 0 Å². The highest BCUT2D eigenvalue weighted by atomic mass is 32.1. The van der Waals surface area contributed by atoms with Crippen LogP contribution in [0.15, 0.2) is 60.0 Å². The Morgan fingerprint density at radius 2 is 1.88 bits per heavy atom. The number of carbonyl (C=O) groups is 1. The molecule has 3 aromatic rings. The van der Waals surface area contributed by atoms with E-state index in [0.717, 1.165) is 28.3 Å². The predicted molar refractivity (Wildman–Crippen MR) is 101 cm³/mol. The Hall–Kier alpha value is -2.79.